The van der Waals surface area contributed by atoms with Crippen LogP contribution in [0.3, 0.4) is 0 Å². The molecule has 0 bridgehead atoms. The fourth-order valence-corrected chi connectivity index (χ4v) is 2.70. The number of amides is 1. The molecule has 1 aliphatic rings. The lowest BCUT2D eigenvalue weighted by molar-refractivity contribution is -0.0488. The van der Waals surface area contributed by atoms with Crippen LogP contribution in [0.2, 0.25) is 0 Å². The lowest BCUT2D eigenvalue weighted by Gasteiger charge is -2.37. The fourth-order valence-electron chi connectivity index (χ4n) is 2.70. The van der Waals surface area contributed by atoms with Gasteiger partial charge in [-0.25, -0.2) is 4.98 Å². The summed E-state index contributed by atoms with van der Waals surface area (Å²) in [5.41, 5.74) is 1.61. The molecule has 1 fully saturated rings. The summed E-state index contributed by atoms with van der Waals surface area (Å²) >= 11 is 0. The summed E-state index contributed by atoms with van der Waals surface area (Å²) in [4.78, 5) is 18.8. The Balaban J connectivity index is 1.78. The highest BCUT2D eigenvalue weighted by Crippen LogP contribution is 2.25. The van der Waals surface area contributed by atoms with Crippen molar-refractivity contribution < 1.29 is 9.53 Å². The number of hydrogen-bond donors (Lipinski definition) is 0. The maximum Gasteiger partial charge on any atom is 0.274 e. The van der Waals surface area contributed by atoms with Gasteiger partial charge in [-0.3, -0.25) is 4.79 Å². The number of ether oxygens (including phenoxy) is 1. The highest BCUT2D eigenvalue weighted by molar-refractivity contribution is 5.92. The molecule has 0 N–H and O–H groups in total. The Morgan fingerprint density at radius 3 is 2.82 bits per heavy atom. The third-order valence-corrected chi connectivity index (χ3v) is 4.08. The van der Waals surface area contributed by atoms with Crippen molar-refractivity contribution >= 4 is 5.91 Å². The van der Waals surface area contributed by atoms with E-state index in [4.69, 9.17) is 4.74 Å². The predicted molar refractivity (Wildman–Crippen MR) is 83.5 cm³/mol. The van der Waals surface area contributed by atoms with Crippen LogP contribution in [0, 0.1) is 0 Å². The van der Waals surface area contributed by atoms with E-state index < -0.39 is 0 Å². The first kappa shape index (κ1) is 14.8. The van der Waals surface area contributed by atoms with Crippen LogP contribution in [0.4, 0.5) is 0 Å². The van der Waals surface area contributed by atoms with Gasteiger partial charge < -0.3 is 14.2 Å². The van der Waals surface area contributed by atoms with Crippen LogP contribution in [0.1, 0.15) is 36.0 Å². The number of hydrogen-bond acceptors (Lipinski definition) is 3. The van der Waals surface area contributed by atoms with Crippen molar-refractivity contribution in [2.45, 2.75) is 32.5 Å². The maximum atomic E-state index is 12.7. The minimum atomic E-state index is -0.0744. The second kappa shape index (κ2) is 6.32. The van der Waals surface area contributed by atoms with E-state index in [2.05, 4.69) is 4.98 Å². The highest BCUT2D eigenvalue weighted by Gasteiger charge is 2.31. The molecule has 1 aromatic heterocycles. The van der Waals surface area contributed by atoms with E-state index in [-0.39, 0.29) is 18.1 Å². The molecule has 0 spiro atoms. The van der Waals surface area contributed by atoms with Gasteiger partial charge in [-0.2, -0.15) is 0 Å². The van der Waals surface area contributed by atoms with Crippen LogP contribution < -0.4 is 0 Å². The largest absolute Gasteiger partial charge is 0.370 e. The van der Waals surface area contributed by atoms with E-state index in [9.17, 15) is 4.79 Å². The number of carbonyl (C=O) groups excluding carboxylic acids is 1. The quantitative estimate of drug-likeness (QED) is 0.875. The average Bonchev–Trinajstić information content (AvgIpc) is 3.04. The number of benzene rings is 1. The van der Waals surface area contributed by atoms with Crippen molar-refractivity contribution in [3.8, 4) is 0 Å². The first-order valence-corrected chi connectivity index (χ1v) is 7.68. The van der Waals surface area contributed by atoms with Crippen LogP contribution in [-0.2, 0) is 11.3 Å². The van der Waals surface area contributed by atoms with Crippen LogP contribution in [0.25, 0.3) is 0 Å². The van der Waals surface area contributed by atoms with Gasteiger partial charge in [0.2, 0.25) is 0 Å². The summed E-state index contributed by atoms with van der Waals surface area (Å²) in [6, 6.07) is 10.1. The predicted octanol–water partition coefficient (Wildman–Crippen LogP) is 2.51. The molecule has 1 saturated heterocycles. The van der Waals surface area contributed by atoms with Gasteiger partial charge in [0.05, 0.1) is 25.5 Å². The number of aromatic nitrogens is 2. The minimum absolute atomic E-state index is 0.0241. The zero-order valence-electron chi connectivity index (χ0n) is 13.0. The fraction of sp³-hybridized carbons (Fsp3) is 0.412. The normalized spacial score (nSPS) is 21.8. The Kier molecular flexibility index (Phi) is 4.24. The third-order valence-electron chi connectivity index (χ3n) is 4.08. The van der Waals surface area contributed by atoms with Gasteiger partial charge in [-0.05, 0) is 19.4 Å². The van der Waals surface area contributed by atoms with Gasteiger partial charge in [0.1, 0.15) is 11.8 Å². The summed E-state index contributed by atoms with van der Waals surface area (Å²) < 4.78 is 7.81. The van der Waals surface area contributed by atoms with Crippen molar-refractivity contribution in [3.05, 3.63) is 54.1 Å². The van der Waals surface area contributed by atoms with Gasteiger partial charge in [-0.1, -0.05) is 30.3 Å². The molecule has 5 nitrogen and oxygen atoms in total. The van der Waals surface area contributed by atoms with E-state index in [1.54, 1.807) is 6.33 Å². The van der Waals surface area contributed by atoms with E-state index >= 15 is 0 Å². The molecule has 1 aliphatic heterocycles. The summed E-state index contributed by atoms with van der Waals surface area (Å²) in [7, 11) is 0. The van der Waals surface area contributed by atoms with Crippen LogP contribution in [0.15, 0.2) is 42.9 Å². The van der Waals surface area contributed by atoms with E-state index in [0.717, 1.165) is 12.1 Å². The molecule has 0 aliphatic carbocycles. The number of carbonyl (C=O) groups is 1. The lowest BCUT2D eigenvalue weighted by Crippen LogP contribution is -2.48. The summed E-state index contributed by atoms with van der Waals surface area (Å²) in [5, 5.41) is 0. The van der Waals surface area contributed by atoms with E-state index in [1.807, 2.05) is 59.8 Å². The van der Waals surface area contributed by atoms with Gasteiger partial charge >= 0.3 is 0 Å². The van der Waals surface area contributed by atoms with Crippen LogP contribution in [-0.4, -0.2) is 39.6 Å². The SMILES string of the molecule is CCn1cnc(C(=O)N2C[C@H](c3ccccc3)OC[C@H]2C)c1. The molecule has 3 rings (SSSR count). The molecule has 116 valence electrons. The number of rotatable bonds is 3. The molecular weight excluding hydrogens is 278 g/mol. The van der Waals surface area contributed by atoms with E-state index in [0.29, 0.717) is 18.8 Å². The zero-order chi connectivity index (χ0) is 15.5. The molecule has 5 heteroatoms. The number of aryl methyl sites for hydroxylation is 1. The van der Waals surface area contributed by atoms with Crippen molar-refractivity contribution in [2.24, 2.45) is 0 Å². The number of nitrogens with zero attached hydrogens (tertiary/aromatic N) is 3. The van der Waals surface area contributed by atoms with E-state index in [1.165, 1.54) is 0 Å². The number of morpholine rings is 1. The zero-order valence-corrected chi connectivity index (χ0v) is 13.0. The van der Waals surface area contributed by atoms with Crippen LogP contribution >= 0.6 is 0 Å². The van der Waals surface area contributed by atoms with Gasteiger partial charge in [-0.15, -0.1) is 0 Å². The summed E-state index contributed by atoms with van der Waals surface area (Å²) in [6.45, 7) is 5.95. The standard InChI is InChI=1S/C17H21N3O2/c1-3-19-9-15(18-12-19)17(21)20-10-16(22-11-13(20)2)14-7-5-4-6-8-14/h4-9,12-13,16H,3,10-11H2,1-2H3/t13-,16-/m1/s1. The smallest absolute Gasteiger partial charge is 0.274 e. The molecule has 22 heavy (non-hydrogen) atoms. The molecule has 1 aromatic carbocycles. The van der Waals surface area contributed by atoms with Crippen molar-refractivity contribution in [3.63, 3.8) is 0 Å². The monoisotopic (exact) mass is 299 g/mol. The Labute approximate surface area is 130 Å². The second-order valence-electron chi connectivity index (χ2n) is 5.63. The third kappa shape index (κ3) is 2.90. The Hall–Kier alpha value is -2.14. The first-order chi connectivity index (χ1) is 10.7. The molecule has 0 saturated carbocycles. The maximum absolute atomic E-state index is 12.7. The topological polar surface area (TPSA) is 47.4 Å². The summed E-state index contributed by atoms with van der Waals surface area (Å²) in [5.74, 6) is -0.0241. The van der Waals surface area contributed by atoms with Crippen molar-refractivity contribution in [1.29, 1.82) is 0 Å². The highest BCUT2D eigenvalue weighted by atomic mass is 16.5. The Bertz CT molecular complexity index is 638. The second-order valence-corrected chi connectivity index (χ2v) is 5.63. The summed E-state index contributed by atoms with van der Waals surface area (Å²) in [6.07, 6.45) is 3.43. The van der Waals surface area contributed by atoms with Gasteiger partial charge in [0, 0.05) is 12.7 Å². The molecular formula is C17H21N3O2. The van der Waals surface area contributed by atoms with Gasteiger partial charge in [0.15, 0.2) is 0 Å². The van der Waals surface area contributed by atoms with Gasteiger partial charge in [0.25, 0.3) is 5.91 Å². The molecule has 1 amide bonds. The molecule has 2 atom stereocenters. The van der Waals surface area contributed by atoms with Crippen molar-refractivity contribution in [2.75, 3.05) is 13.2 Å². The molecule has 0 unspecified atom stereocenters. The van der Waals surface area contributed by atoms with Crippen molar-refractivity contribution in [1.82, 2.24) is 14.5 Å². The van der Waals surface area contributed by atoms with Crippen LogP contribution in [0.5, 0.6) is 0 Å². The average molecular weight is 299 g/mol. The minimum Gasteiger partial charge on any atom is -0.370 e. The first-order valence-electron chi connectivity index (χ1n) is 7.68. The molecule has 2 aromatic rings. The lowest BCUT2D eigenvalue weighted by atomic mass is 10.1. The number of imidazole rings is 1. The molecule has 0 radical (unpaired) electrons. The Morgan fingerprint density at radius 2 is 2.14 bits per heavy atom. The molecule has 2 heterocycles. The Morgan fingerprint density at radius 1 is 1.36 bits per heavy atom.